The van der Waals surface area contributed by atoms with E-state index in [1.54, 1.807) is 48.5 Å². The summed E-state index contributed by atoms with van der Waals surface area (Å²) in [4.78, 5) is 39.3. The van der Waals surface area contributed by atoms with Gasteiger partial charge in [-0.15, -0.1) is 0 Å². The number of hydrogen-bond acceptors (Lipinski definition) is 8. The summed E-state index contributed by atoms with van der Waals surface area (Å²) in [5.74, 6) is -3.25. The molecule has 0 bridgehead atoms. The highest BCUT2D eigenvalue weighted by atomic mass is 16.7. The zero-order valence-corrected chi connectivity index (χ0v) is 23.8. The SMILES string of the molecule is CCCC(OC(C)C(C)(CCC)C(=O)OCC)(OC(C)C(C)(CCC)C(=O)OCC)C(=O)OCC. The first kappa shape index (κ1) is 33.3. The fraction of sp³-hybridized carbons (Fsp3) is 0.889. The third-order valence-corrected chi connectivity index (χ3v) is 6.72. The van der Waals surface area contributed by atoms with E-state index in [0.29, 0.717) is 19.3 Å². The summed E-state index contributed by atoms with van der Waals surface area (Å²) in [7, 11) is 0. The second-order valence-corrected chi connectivity index (χ2v) is 9.52. The highest BCUT2D eigenvalue weighted by molar-refractivity contribution is 5.80. The Kier molecular flexibility index (Phi) is 14.7. The smallest absolute Gasteiger partial charge is 0.366 e. The number of ether oxygens (including phenoxy) is 5. The van der Waals surface area contributed by atoms with Crippen molar-refractivity contribution in [3.63, 3.8) is 0 Å². The van der Waals surface area contributed by atoms with Crippen molar-refractivity contribution in [2.75, 3.05) is 19.8 Å². The maximum absolute atomic E-state index is 13.4. The third kappa shape index (κ3) is 8.45. The Bertz CT molecular complexity index is 622. The first-order chi connectivity index (χ1) is 16.4. The van der Waals surface area contributed by atoms with Crippen molar-refractivity contribution in [2.45, 2.75) is 126 Å². The molecular weight excluding hydrogens is 452 g/mol. The van der Waals surface area contributed by atoms with Gasteiger partial charge in [0.15, 0.2) is 0 Å². The van der Waals surface area contributed by atoms with E-state index in [2.05, 4.69) is 0 Å². The van der Waals surface area contributed by atoms with E-state index >= 15 is 0 Å². The van der Waals surface area contributed by atoms with Gasteiger partial charge in [0.05, 0.1) is 42.9 Å². The molecule has 0 N–H and O–H groups in total. The Morgan fingerprint density at radius 2 is 0.886 bits per heavy atom. The molecular formula is C27H50O8. The molecule has 8 heteroatoms. The first-order valence-electron chi connectivity index (χ1n) is 13.3. The van der Waals surface area contributed by atoms with Crippen LogP contribution in [0, 0.1) is 10.8 Å². The van der Waals surface area contributed by atoms with Crippen LogP contribution in [0.2, 0.25) is 0 Å². The van der Waals surface area contributed by atoms with Gasteiger partial charge in [-0.3, -0.25) is 9.59 Å². The number of esters is 3. The fourth-order valence-electron chi connectivity index (χ4n) is 4.32. The minimum atomic E-state index is -1.80. The first-order valence-corrected chi connectivity index (χ1v) is 13.3. The summed E-state index contributed by atoms with van der Waals surface area (Å²) >= 11 is 0. The maximum Gasteiger partial charge on any atom is 0.366 e. The Labute approximate surface area is 212 Å². The van der Waals surface area contributed by atoms with Crippen LogP contribution in [0.5, 0.6) is 0 Å². The van der Waals surface area contributed by atoms with Crippen molar-refractivity contribution < 1.29 is 38.1 Å². The fourth-order valence-corrected chi connectivity index (χ4v) is 4.32. The molecule has 0 aliphatic rings. The lowest BCUT2D eigenvalue weighted by atomic mass is 9.80. The monoisotopic (exact) mass is 502 g/mol. The van der Waals surface area contributed by atoms with E-state index in [-0.39, 0.29) is 38.2 Å². The van der Waals surface area contributed by atoms with Gasteiger partial charge in [0, 0.05) is 6.42 Å². The van der Waals surface area contributed by atoms with Crippen molar-refractivity contribution in [3.8, 4) is 0 Å². The van der Waals surface area contributed by atoms with Crippen LogP contribution in [0.1, 0.15) is 108 Å². The summed E-state index contributed by atoms with van der Waals surface area (Å²) in [6.45, 7) is 18.8. The molecule has 0 spiro atoms. The quantitative estimate of drug-likeness (QED) is 0.136. The summed E-state index contributed by atoms with van der Waals surface area (Å²) < 4.78 is 28.9. The number of carbonyl (C=O) groups is 3. The van der Waals surface area contributed by atoms with Gasteiger partial charge in [-0.1, -0.05) is 40.0 Å². The molecule has 0 aliphatic carbocycles. The molecule has 0 saturated heterocycles. The molecule has 0 aromatic heterocycles. The van der Waals surface area contributed by atoms with Crippen molar-refractivity contribution in [2.24, 2.45) is 10.8 Å². The van der Waals surface area contributed by atoms with Crippen LogP contribution in [-0.4, -0.2) is 55.7 Å². The van der Waals surface area contributed by atoms with Gasteiger partial charge in [-0.05, 0) is 61.3 Å². The van der Waals surface area contributed by atoms with Crippen LogP contribution in [-0.2, 0) is 38.1 Å². The van der Waals surface area contributed by atoms with Crippen LogP contribution < -0.4 is 0 Å². The summed E-state index contributed by atoms with van der Waals surface area (Å²) in [6, 6.07) is 0. The van der Waals surface area contributed by atoms with Crippen LogP contribution in [0.3, 0.4) is 0 Å². The zero-order valence-electron chi connectivity index (χ0n) is 23.8. The highest BCUT2D eigenvalue weighted by Crippen LogP contribution is 2.40. The number of carbonyl (C=O) groups excluding carboxylic acids is 3. The van der Waals surface area contributed by atoms with Crippen molar-refractivity contribution in [3.05, 3.63) is 0 Å². The molecule has 0 rings (SSSR count). The van der Waals surface area contributed by atoms with E-state index in [1.165, 1.54) is 0 Å². The average molecular weight is 503 g/mol. The standard InChI is InChI=1S/C27H50O8/c1-11-17-25(9,22(28)31-14-4)20(7)34-27(19-13-3,24(30)33-16-6)35-21(8)26(10,18-12-2)23(29)32-15-5/h20-21H,11-19H2,1-10H3. The average Bonchev–Trinajstić information content (AvgIpc) is 2.79. The lowest BCUT2D eigenvalue weighted by Crippen LogP contribution is -2.56. The molecule has 0 radical (unpaired) electrons. The van der Waals surface area contributed by atoms with Crippen molar-refractivity contribution in [1.29, 1.82) is 0 Å². The molecule has 0 heterocycles. The van der Waals surface area contributed by atoms with E-state index in [1.807, 2.05) is 20.8 Å². The second kappa shape index (κ2) is 15.4. The van der Waals surface area contributed by atoms with Crippen molar-refractivity contribution in [1.82, 2.24) is 0 Å². The van der Waals surface area contributed by atoms with Gasteiger partial charge < -0.3 is 23.7 Å². The number of hydrogen-bond donors (Lipinski definition) is 0. The number of rotatable bonds is 18. The molecule has 4 unspecified atom stereocenters. The Hall–Kier alpha value is -1.67. The zero-order chi connectivity index (χ0) is 27.3. The lowest BCUT2D eigenvalue weighted by Gasteiger charge is -2.43. The van der Waals surface area contributed by atoms with E-state index in [0.717, 1.165) is 12.8 Å². The molecule has 0 aromatic carbocycles. The molecule has 206 valence electrons. The molecule has 0 aliphatic heterocycles. The van der Waals surface area contributed by atoms with Gasteiger partial charge >= 0.3 is 17.9 Å². The topological polar surface area (TPSA) is 97.4 Å². The minimum absolute atomic E-state index is 0.133. The van der Waals surface area contributed by atoms with Gasteiger partial charge in [0.25, 0.3) is 5.79 Å². The largest absolute Gasteiger partial charge is 0.465 e. The highest BCUT2D eigenvalue weighted by Gasteiger charge is 2.53. The Balaban J connectivity index is 6.48. The summed E-state index contributed by atoms with van der Waals surface area (Å²) in [5, 5.41) is 0. The molecule has 0 fully saturated rings. The second-order valence-electron chi connectivity index (χ2n) is 9.52. The summed E-state index contributed by atoms with van der Waals surface area (Å²) in [6.07, 6.45) is 1.72. The van der Waals surface area contributed by atoms with Gasteiger partial charge in [-0.2, -0.15) is 0 Å². The normalized spacial score (nSPS) is 18.3. The van der Waals surface area contributed by atoms with Crippen molar-refractivity contribution >= 4 is 17.9 Å². The Morgan fingerprint density at radius 1 is 0.571 bits per heavy atom. The van der Waals surface area contributed by atoms with E-state index in [9.17, 15) is 14.4 Å². The Morgan fingerprint density at radius 3 is 1.17 bits per heavy atom. The van der Waals surface area contributed by atoms with E-state index in [4.69, 9.17) is 23.7 Å². The third-order valence-electron chi connectivity index (χ3n) is 6.72. The van der Waals surface area contributed by atoms with Crippen LogP contribution >= 0.6 is 0 Å². The molecule has 0 amide bonds. The maximum atomic E-state index is 13.4. The van der Waals surface area contributed by atoms with Gasteiger partial charge in [0.2, 0.25) is 0 Å². The van der Waals surface area contributed by atoms with Gasteiger partial charge in [-0.25, -0.2) is 4.79 Å². The summed E-state index contributed by atoms with van der Waals surface area (Å²) in [5.41, 5.74) is -2.01. The lowest BCUT2D eigenvalue weighted by molar-refractivity contribution is -0.299. The van der Waals surface area contributed by atoms with Crippen LogP contribution in [0.25, 0.3) is 0 Å². The van der Waals surface area contributed by atoms with Gasteiger partial charge in [0.1, 0.15) is 0 Å². The van der Waals surface area contributed by atoms with Crippen LogP contribution in [0.15, 0.2) is 0 Å². The molecule has 0 saturated carbocycles. The van der Waals surface area contributed by atoms with Crippen LogP contribution in [0.4, 0.5) is 0 Å². The molecule has 8 nitrogen and oxygen atoms in total. The predicted octanol–water partition coefficient (Wildman–Crippen LogP) is 5.60. The van der Waals surface area contributed by atoms with E-state index < -0.39 is 34.8 Å². The minimum Gasteiger partial charge on any atom is -0.465 e. The molecule has 4 atom stereocenters. The molecule has 35 heavy (non-hydrogen) atoms. The molecule has 0 aromatic rings. The predicted molar refractivity (Wildman–Crippen MR) is 135 cm³/mol.